The van der Waals surface area contributed by atoms with Crippen LogP contribution in [0, 0.1) is 0 Å². The molecule has 0 aliphatic carbocycles. The van der Waals surface area contributed by atoms with Gasteiger partial charge in [-0.05, 0) is 28.0 Å². The lowest BCUT2D eigenvalue weighted by Gasteiger charge is -2.11. The topological polar surface area (TPSA) is 43.1 Å². The Balaban J connectivity index is 0.000000922. The van der Waals surface area contributed by atoms with Crippen LogP contribution in [-0.2, 0) is 0 Å². The lowest BCUT2D eigenvalue weighted by Crippen LogP contribution is -2.14. The number of amides is 1. The first-order valence-corrected chi connectivity index (χ1v) is 6.71. The zero-order valence-electron chi connectivity index (χ0n) is 12.1. The zero-order valence-corrected chi connectivity index (χ0v) is 12.1. The molecule has 2 aromatic carbocycles. The van der Waals surface area contributed by atoms with Crippen LogP contribution in [0.15, 0.2) is 43.5 Å². The van der Waals surface area contributed by atoms with E-state index < -0.39 is 5.91 Å². The van der Waals surface area contributed by atoms with Crippen LogP contribution in [0.1, 0.15) is 43.2 Å². The van der Waals surface area contributed by atoms with Crippen LogP contribution in [0.5, 0.6) is 0 Å². The van der Waals surface area contributed by atoms with Crippen molar-refractivity contribution in [3.8, 4) is 0 Å². The monoisotopic (exact) mass is 269 g/mol. The summed E-state index contributed by atoms with van der Waals surface area (Å²) in [4.78, 5) is 11.6. The first-order valence-electron chi connectivity index (χ1n) is 6.71. The average molecular weight is 269 g/mol. The molecular weight excluding hydrogens is 246 g/mol. The fourth-order valence-corrected chi connectivity index (χ4v) is 2.04. The predicted molar refractivity (Wildman–Crippen MR) is 90.7 cm³/mol. The molecule has 0 aromatic heterocycles. The van der Waals surface area contributed by atoms with Crippen molar-refractivity contribution in [1.82, 2.24) is 0 Å². The van der Waals surface area contributed by atoms with Gasteiger partial charge in [0.15, 0.2) is 0 Å². The highest BCUT2D eigenvalue weighted by Gasteiger charge is 2.13. The van der Waals surface area contributed by atoms with E-state index in [1.165, 1.54) is 6.42 Å². The molecule has 0 saturated carbocycles. The highest BCUT2D eigenvalue weighted by Crippen LogP contribution is 2.27. The molecule has 0 fully saturated rings. The third-order valence-electron chi connectivity index (χ3n) is 2.79. The molecule has 0 heterocycles. The van der Waals surface area contributed by atoms with Gasteiger partial charge in [-0.25, -0.2) is 0 Å². The number of carbonyl (C=O) groups excluding carboxylic acids is 1. The number of carbonyl (C=O) groups is 1. The second-order valence-corrected chi connectivity index (χ2v) is 4.46. The van der Waals surface area contributed by atoms with Crippen LogP contribution in [0.3, 0.4) is 0 Å². The van der Waals surface area contributed by atoms with Crippen LogP contribution >= 0.6 is 0 Å². The zero-order chi connectivity index (χ0) is 15.1. The van der Waals surface area contributed by atoms with Gasteiger partial charge in [-0.3, -0.25) is 4.79 Å². The van der Waals surface area contributed by atoms with Gasteiger partial charge in [0.05, 0.1) is 5.56 Å². The molecule has 2 aromatic rings. The van der Waals surface area contributed by atoms with E-state index in [4.69, 9.17) is 5.73 Å². The summed E-state index contributed by atoms with van der Waals surface area (Å²) in [5.41, 5.74) is 7.58. The van der Waals surface area contributed by atoms with Gasteiger partial charge >= 0.3 is 0 Å². The number of hydrogen-bond acceptors (Lipinski definition) is 1. The molecule has 0 unspecified atom stereocenters. The van der Waals surface area contributed by atoms with E-state index in [1.54, 1.807) is 12.2 Å². The lowest BCUT2D eigenvalue weighted by atomic mass is 9.93. The first-order chi connectivity index (χ1) is 9.60. The Morgan fingerprint density at radius 2 is 1.85 bits per heavy atom. The Hall–Kier alpha value is -2.35. The minimum atomic E-state index is -0.445. The minimum Gasteiger partial charge on any atom is -0.366 e. The van der Waals surface area contributed by atoms with Gasteiger partial charge in [-0.15, -0.1) is 0 Å². The van der Waals surface area contributed by atoms with E-state index in [9.17, 15) is 4.79 Å². The molecule has 0 bridgehead atoms. The number of fused-ring (bicyclic) bond motifs is 1. The van der Waals surface area contributed by atoms with Crippen LogP contribution in [0.25, 0.3) is 22.9 Å². The molecule has 2 heteroatoms. The van der Waals surface area contributed by atoms with Gasteiger partial charge in [0.1, 0.15) is 0 Å². The summed E-state index contributed by atoms with van der Waals surface area (Å²) >= 11 is 0. The lowest BCUT2D eigenvalue weighted by molar-refractivity contribution is 0.100. The third-order valence-corrected chi connectivity index (χ3v) is 2.79. The van der Waals surface area contributed by atoms with Crippen molar-refractivity contribution in [2.75, 3.05) is 0 Å². The fourth-order valence-electron chi connectivity index (χ4n) is 2.04. The van der Waals surface area contributed by atoms with Gasteiger partial charge in [0.25, 0.3) is 0 Å². The van der Waals surface area contributed by atoms with E-state index in [-0.39, 0.29) is 1.43 Å². The number of benzene rings is 2. The molecule has 0 aliphatic heterocycles. The summed E-state index contributed by atoms with van der Waals surface area (Å²) in [6, 6.07) is 9.62. The van der Waals surface area contributed by atoms with Gasteiger partial charge < -0.3 is 5.73 Å². The highest BCUT2D eigenvalue weighted by molar-refractivity contribution is 6.10. The van der Waals surface area contributed by atoms with Crippen molar-refractivity contribution in [3.05, 3.63) is 60.2 Å². The summed E-state index contributed by atoms with van der Waals surface area (Å²) in [6.45, 7) is 11.7. The van der Waals surface area contributed by atoms with Gasteiger partial charge in [-0.1, -0.05) is 69.8 Å². The standard InChI is InChI=1S/C15H13NO.C3H8.H2/c1-3-10-9-11-7-5-6-8-13(11)14(15(16)17)12(10)4-2;1-3-2;/h3-9H,1-2H2,(H2,16,17);3H2,1-2H3;1H. The maximum absolute atomic E-state index is 11.6. The van der Waals surface area contributed by atoms with Crippen molar-refractivity contribution < 1.29 is 6.22 Å². The Bertz CT molecular complexity index is 647. The number of hydrogen-bond donors (Lipinski definition) is 1. The maximum Gasteiger partial charge on any atom is 0.249 e. The van der Waals surface area contributed by atoms with Gasteiger partial charge in [0, 0.05) is 1.43 Å². The Morgan fingerprint density at radius 3 is 2.35 bits per heavy atom. The second-order valence-electron chi connectivity index (χ2n) is 4.46. The molecule has 1 amide bonds. The van der Waals surface area contributed by atoms with Crippen molar-refractivity contribution in [2.45, 2.75) is 20.3 Å². The number of primary amides is 1. The molecule has 106 valence electrons. The van der Waals surface area contributed by atoms with Crippen molar-refractivity contribution in [2.24, 2.45) is 5.73 Å². The summed E-state index contributed by atoms with van der Waals surface area (Å²) in [7, 11) is 0. The highest BCUT2D eigenvalue weighted by atomic mass is 16.1. The van der Waals surface area contributed by atoms with Crippen molar-refractivity contribution in [1.29, 1.82) is 0 Å². The molecule has 0 radical (unpaired) electrons. The smallest absolute Gasteiger partial charge is 0.249 e. The van der Waals surface area contributed by atoms with E-state index in [0.717, 1.165) is 21.9 Å². The molecule has 2 nitrogen and oxygen atoms in total. The number of nitrogens with two attached hydrogens (primary N) is 1. The largest absolute Gasteiger partial charge is 0.366 e. The van der Waals surface area contributed by atoms with Gasteiger partial charge in [0.2, 0.25) is 5.91 Å². The van der Waals surface area contributed by atoms with Crippen LogP contribution in [0.4, 0.5) is 0 Å². The molecule has 2 N–H and O–H groups in total. The predicted octanol–water partition coefficient (Wildman–Crippen LogP) is 4.89. The average Bonchev–Trinajstić information content (AvgIpc) is 2.45. The van der Waals surface area contributed by atoms with E-state index in [1.807, 2.05) is 30.3 Å². The number of rotatable bonds is 3. The molecule has 20 heavy (non-hydrogen) atoms. The Morgan fingerprint density at radius 1 is 1.25 bits per heavy atom. The Labute approximate surface area is 122 Å². The molecule has 0 spiro atoms. The van der Waals surface area contributed by atoms with Crippen LogP contribution < -0.4 is 5.73 Å². The molecule has 0 aliphatic rings. The summed E-state index contributed by atoms with van der Waals surface area (Å²) in [5.74, 6) is -0.445. The molecule has 0 saturated heterocycles. The molecular formula is C18H23NO. The van der Waals surface area contributed by atoms with Crippen molar-refractivity contribution >= 4 is 28.8 Å². The summed E-state index contributed by atoms with van der Waals surface area (Å²) in [6.07, 6.45) is 4.60. The van der Waals surface area contributed by atoms with E-state index >= 15 is 0 Å². The second kappa shape index (κ2) is 7.29. The Kier molecular flexibility index (Phi) is 5.73. The third kappa shape index (κ3) is 3.15. The quantitative estimate of drug-likeness (QED) is 0.847. The maximum atomic E-state index is 11.6. The fraction of sp³-hybridized carbons (Fsp3) is 0.167. The van der Waals surface area contributed by atoms with Crippen LogP contribution in [0.2, 0.25) is 0 Å². The summed E-state index contributed by atoms with van der Waals surface area (Å²) in [5, 5.41) is 1.82. The SMILES string of the molecule is C=Cc1cc2ccccc2c(C(N)=O)c1C=C.CCC.[HH]. The molecule has 2 rings (SSSR count). The molecule has 0 atom stereocenters. The summed E-state index contributed by atoms with van der Waals surface area (Å²) < 4.78 is 0. The van der Waals surface area contributed by atoms with E-state index in [0.29, 0.717) is 5.56 Å². The first kappa shape index (κ1) is 15.7. The van der Waals surface area contributed by atoms with Gasteiger partial charge in [-0.2, -0.15) is 0 Å². The normalized spacial score (nSPS) is 9.50. The van der Waals surface area contributed by atoms with Crippen molar-refractivity contribution in [3.63, 3.8) is 0 Å². The minimum absolute atomic E-state index is 0. The van der Waals surface area contributed by atoms with E-state index in [2.05, 4.69) is 27.0 Å². The van der Waals surface area contributed by atoms with Crippen LogP contribution in [-0.4, -0.2) is 5.91 Å².